The van der Waals surface area contributed by atoms with Crippen LogP contribution in [-0.4, -0.2) is 4.57 Å². The Kier molecular flexibility index (Phi) is 9.53. The molecular formula is C68H44N2O. The fourth-order valence-corrected chi connectivity index (χ4v) is 10.9. The van der Waals surface area contributed by atoms with E-state index in [1.54, 1.807) is 0 Å². The van der Waals surface area contributed by atoms with E-state index < -0.39 is 0 Å². The van der Waals surface area contributed by atoms with Gasteiger partial charge in [0.1, 0.15) is 11.2 Å². The predicted octanol–water partition coefficient (Wildman–Crippen LogP) is 19.1. The van der Waals surface area contributed by atoms with Crippen LogP contribution in [0.5, 0.6) is 0 Å². The number of nitrogens with zero attached hydrogens (tertiary/aromatic N) is 2. The smallest absolute Gasteiger partial charge is 0.143 e. The van der Waals surface area contributed by atoms with Crippen molar-refractivity contribution in [1.29, 1.82) is 0 Å². The lowest BCUT2D eigenvalue weighted by molar-refractivity contribution is 0.670. The maximum Gasteiger partial charge on any atom is 0.143 e. The van der Waals surface area contributed by atoms with Crippen LogP contribution in [0.4, 0.5) is 17.1 Å². The minimum absolute atomic E-state index is 0.910. The molecule has 0 spiro atoms. The molecular weight excluding hydrogens is 861 g/mol. The molecule has 0 N–H and O–H groups in total. The Bertz CT molecular complexity index is 4260. The number of fused-ring (bicyclic) bond motifs is 9. The van der Waals surface area contributed by atoms with Gasteiger partial charge in [-0.05, 0) is 116 Å². The van der Waals surface area contributed by atoms with Gasteiger partial charge in [-0.3, -0.25) is 0 Å². The molecule has 0 atom stereocenters. The molecule has 332 valence electrons. The molecule has 14 rings (SSSR count). The fraction of sp³-hybridized carbons (Fsp3) is 0. The van der Waals surface area contributed by atoms with E-state index in [1.165, 1.54) is 54.5 Å². The number of para-hydroxylation sites is 4. The summed E-state index contributed by atoms with van der Waals surface area (Å²) in [6.07, 6.45) is 0. The second kappa shape index (κ2) is 16.7. The molecule has 0 saturated carbocycles. The van der Waals surface area contributed by atoms with Crippen LogP contribution in [0.3, 0.4) is 0 Å². The highest BCUT2D eigenvalue weighted by Gasteiger charge is 2.19. The lowest BCUT2D eigenvalue weighted by atomic mass is 9.97. The van der Waals surface area contributed by atoms with Gasteiger partial charge in [0.05, 0.1) is 16.7 Å². The summed E-state index contributed by atoms with van der Waals surface area (Å²) in [5, 5.41) is 9.71. The minimum Gasteiger partial charge on any atom is -0.455 e. The molecule has 0 aliphatic rings. The molecule has 2 heterocycles. The van der Waals surface area contributed by atoms with Crippen LogP contribution in [0, 0.1) is 0 Å². The van der Waals surface area contributed by atoms with Crippen LogP contribution in [-0.2, 0) is 0 Å². The van der Waals surface area contributed by atoms with Crippen molar-refractivity contribution < 1.29 is 4.42 Å². The van der Waals surface area contributed by atoms with Crippen molar-refractivity contribution in [1.82, 2.24) is 4.57 Å². The Morgan fingerprint density at radius 3 is 1.52 bits per heavy atom. The molecule has 0 bridgehead atoms. The van der Waals surface area contributed by atoms with Gasteiger partial charge in [-0.1, -0.05) is 206 Å². The highest BCUT2D eigenvalue weighted by Crippen LogP contribution is 2.43. The zero-order valence-electron chi connectivity index (χ0n) is 38.7. The van der Waals surface area contributed by atoms with Crippen molar-refractivity contribution in [2.75, 3.05) is 4.90 Å². The van der Waals surface area contributed by atoms with Gasteiger partial charge in [0.2, 0.25) is 0 Å². The first-order valence-electron chi connectivity index (χ1n) is 24.3. The summed E-state index contributed by atoms with van der Waals surface area (Å²) in [7, 11) is 0. The number of hydrogen-bond acceptors (Lipinski definition) is 2. The maximum atomic E-state index is 6.40. The molecule has 0 radical (unpaired) electrons. The number of anilines is 3. The van der Waals surface area contributed by atoms with E-state index in [1.807, 2.05) is 12.1 Å². The molecule has 2 aromatic heterocycles. The number of benzene rings is 12. The third-order valence-corrected chi connectivity index (χ3v) is 14.4. The first-order chi connectivity index (χ1) is 35.2. The molecule has 14 aromatic rings. The second-order valence-electron chi connectivity index (χ2n) is 18.4. The maximum absolute atomic E-state index is 6.40. The van der Waals surface area contributed by atoms with Crippen molar-refractivity contribution in [3.8, 4) is 50.2 Å². The second-order valence-corrected chi connectivity index (χ2v) is 18.4. The monoisotopic (exact) mass is 904 g/mol. The summed E-state index contributed by atoms with van der Waals surface area (Å²) < 4.78 is 8.84. The molecule has 3 heteroatoms. The van der Waals surface area contributed by atoms with Gasteiger partial charge >= 0.3 is 0 Å². The largest absolute Gasteiger partial charge is 0.455 e. The van der Waals surface area contributed by atoms with Crippen LogP contribution >= 0.6 is 0 Å². The number of hydrogen-bond donors (Lipinski definition) is 0. The summed E-state index contributed by atoms with van der Waals surface area (Å²) in [6, 6.07) is 96.8. The van der Waals surface area contributed by atoms with Gasteiger partial charge in [-0.15, -0.1) is 0 Å². The average molecular weight is 905 g/mol. The van der Waals surface area contributed by atoms with Crippen molar-refractivity contribution in [3.63, 3.8) is 0 Å². The fourth-order valence-electron chi connectivity index (χ4n) is 10.9. The summed E-state index contributed by atoms with van der Waals surface area (Å²) in [6.45, 7) is 0. The topological polar surface area (TPSA) is 21.3 Å². The Labute approximate surface area is 411 Å². The standard InChI is InChI=1S/C68H44N2O/c1-2-13-45(14-3-1)51-35-41-58(66(44-51)70-64-22-9-6-17-60(64)61-18-7-10-23-65(61)70)49-33-38-54(39-34-49)69(55-40-42-57-52(43-55)30-29-48-15-4-5-16-56(48)57)53-36-31-47(32-37-53)46-25-27-50(28-26-46)59-20-12-21-63-62-19-8-11-24-67(62)71-68(59)63/h1-44H. The minimum atomic E-state index is 0.910. The van der Waals surface area contributed by atoms with Crippen LogP contribution < -0.4 is 4.90 Å². The Morgan fingerprint density at radius 1 is 0.282 bits per heavy atom. The van der Waals surface area contributed by atoms with E-state index in [0.29, 0.717) is 0 Å². The third kappa shape index (κ3) is 6.89. The van der Waals surface area contributed by atoms with Crippen molar-refractivity contribution in [2.24, 2.45) is 0 Å². The van der Waals surface area contributed by atoms with E-state index in [-0.39, 0.29) is 0 Å². The zero-order chi connectivity index (χ0) is 46.8. The third-order valence-electron chi connectivity index (χ3n) is 14.4. The lowest BCUT2D eigenvalue weighted by Gasteiger charge is -2.26. The number of rotatable bonds is 8. The number of furan rings is 1. The Balaban J connectivity index is 0.863. The van der Waals surface area contributed by atoms with E-state index in [2.05, 4.69) is 264 Å². The molecule has 0 unspecified atom stereocenters. The SMILES string of the molecule is c1ccc(-c2ccc(-c3ccc(N(c4ccc(-c5ccc(-c6cccc7c6oc6ccccc67)cc5)cc4)c4ccc5c(ccc6ccccc65)c4)cc3)c(-n3c4ccccc4c4ccccc43)c2)cc1. The quantitative estimate of drug-likeness (QED) is 0.142. The van der Waals surface area contributed by atoms with Crippen molar-refractivity contribution in [2.45, 2.75) is 0 Å². The van der Waals surface area contributed by atoms with Gasteiger partial charge in [-0.25, -0.2) is 0 Å². The summed E-state index contributed by atoms with van der Waals surface area (Å²) in [5.74, 6) is 0. The normalized spacial score (nSPS) is 11.7. The summed E-state index contributed by atoms with van der Waals surface area (Å²) in [4.78, 5) is 2.38. The van der Waals surface area contributed by atoms with E-state index >= 15 is 0 Å². The first-order valence-corrected chi connectivity index (χ1v) is 24.3. The van der Waals surface area contributed by atoms with Crippen LogP contribution in [0.15, 0.2) is 271 Å². The van der Waals surface area contributed by atoms with Crippen LogP contribution in [0.2, 0.25) is 0 Å². The van der Waals surface area contributed by atoms with Crippen LogP contribution in [0.25, 0.3) is 115 Å². The molecule has 12 aromatic carbocycles. The van der Waals surface area contributed by atoms with Gasteiger partial charge in [0.25, 0.3) is 0 Å². The molecule has 0 aliphatic carbocycles. The first kappa shape index (κ1) is 40.6. The van der Waals surface area contributed by atoms with Gasteiger partial charge in [0.15, 0.2) is 0 Å². The van der Waals surface area contributed by atoms with Gasteiger partial charge < -0.3 is 13.9 Å². The highest BCUT2D eigenvalue weighted by molar-refractivity contribution is 6.11. The van der Waals surface area contributed by atoms with Crippen molar-refractivity contribution >= 4 is 82.4 Å². The Hall–Kier alpha value is -9.44. The molecule has 71 heavy (non-hydrogen) atoms. The molecule has 0 amide bonds. The predicted molar refractivity (Wildman–Crippen MR) is 299 cm³/mol. The lowest BCUT2D eigenvalue weighted by Crippen LogP contribution is -2.10. The van der Waals surface area contributed by atoms with E-state index in [9.17, 15) is 0 Å². The zero-order valence-corrected chi connectivity index (χ0v) is 38.7. The Morgan fingerprint density at radius 2 is 0.789 bits per heavy atom. The molecule has 0 saturated heterocycles. The van der Waals surface area contributed by atoms with E-state index in [0.717, 1.165) is 78.1 Å². The summed E-state index contributed by atoms with van der Waals surface area (Å²) in [5.41, 5.74) is 17.8. The van der Waals surface area contributed by atoms with Crippen molar-refractivity contribution in [3.05, 3.63) is 267 Å². The van der Waals surface area contributed by atoms with Crippen LogP contribution in [0.1, 0.15) is 0 Å². The van der Waals surface area contributed by atoms with Gasteiger partial charge in [0, 0.05) is 49.7 Å². The van der Waals surface area contributed by atoms with E-state index in [4.69, 9.17) is 4.42 Å². The average Bonchev–Trinajstić information content (AvgIpc) is 4.00. The summed E-state index contributed by atoms with van der Waals surface area (Å²) >= 11 is 0. The number of aromatic nitrogens is 1. The molecule has 0 fully saturated rings. The van der Waals surface area contributed by atoms with Gasteiger partial charge in [-0.2, -0.15) is 0 Å². The molecule has 0 aliphatic heterocycles. The molecule has 3 nitrogen and oxygen atoms in total. The highest BCUT2D eigenvalue weighted by atomic mass is 16.3.